The smallest absolute Gasteiger partial charge is 0.171 e. The Bertz CT molecular complexity index is 1360. The van der Waals surface area contributed by atoms with Crippen LogP contribution in [0.25, 0.3) is 33.3 Å². The molecule has 35 heavy (non-hydrogen) atoms. The summed E-state index contributed by atoms with van der Waals surface area (Å²) < 4.78 is 10.0. The van der Waals surface area contributed by atoms with Crippen LogP contribution in [0, 0.1) is 5.41 Å². The minimum absolute atomic E-state index is 0.0420. The Labute approximate surface area is 208 Å². The van der Waals surface area contributed by atoms with Gasteiger partial charge in [0.15, 0.2) is 11.4 Å². The van der Waals surface area contributed by atoms with E-state index in [4.69, 9.17) is 20.4 Å². The first-order valence-corrected chi connectivity index (χ1v) is 16.0. The van der Waals surface area contributed by atoms with Crippen molar-refractivity contribution in [3.8, 4) is 11.3 Å². The molecule has 4 rings (SSSR count). The summed E-state index contributed by atoms with van der Waals surface area (Å²) >= 11 is 0. The molecular formula is C27H37N5O2Si. The van der Waals surface area contributed by atoms with Crippen molar-refractivity contribution in [2.24, 2.45) is 11.1 Å². The lowest BCUT2D eigenvalue weighted by molar-refractivity contribution is 0.0849. The second-order valence-electron chi connectivity index (χ2n) is 11.4. The number of fused-ring (bicyclic) bond motifs is 2. The fourth-order valence-electron chi connectivity index (χ4n) is 4.17. The fraction of sp³-hybridized carbons (Fsp3) is 0.444. The Kier molecular flexibility index (Phi) is 6.99. The van der Waals surface area contributed by atoms with Gasteiger partial charge in [0.05, 0.1) is 17.5 Å². The number of nitrogens with two attached hydrogens (primary N) is 1. The zero-order valence-corrected chi connectivity index (χ0v) is 22.8. The molecule has 0 radical (unpaired) electrons. The zero-order chi connectivity index (χ0) is 25.4. The Morgan fingerprint density at radius 2 is 1.86 bits per heavy atom. The first-order valence-electron chi connectivity index (χ1n) is 12.3. The Balaban J connectivity index is 1.79. The summed E-state index contributed by atoms with van der Waals surface area (Å²) in [6, 6.07) is 9.30. The third kappa shape index (κ3) is 5.39. The molecule has 0 aliphatic carbocycles. The maximum atomic E-state index is 13.4. The molecule has 3 heterocycles. The van der Waals surface area contributed by atoms with Gasteiger partial charge in [-0.05, 0) is 12.1 Å². The molecule has 0 spiro atoms. The van der Waals surface area contributed by atoms with E-state index in [9.17, 15) is 4.79 Å². The van der Waals surface area contributed by atoms with Crippen molar-refractivity contribution in [3.05, 3.63) is 48.4 Å². The van der Waals surface area contributed by atoms with Gasteiger partial charge in [-0.3, -0.25) is 4.79 Å². The van der Waals surface area contributed by atoms with Crippen LogP contribution in [-0.4, -0.2) is 46.1 Å². The molecule has 0 fully saturated rings. The largest absolute Gasteiger partial charge is 0.361 e. The lowest BCUT2D eigenvalue weighted by atomic mass is 9.87. The summed E-state index contributed by atoms with van der Waals surface area (Å²) in [5.74, 6) is 0.0420. The summed E-state index contributed by atoms with van der Waals surface area (Å²) in [6.45, 7) is 15.1. The SMILES string of the molecule is CC(C)(C)C(=O)c1cn(COCC[Si](C)(C)C)c2ncc(-c3cn(CCN)c4ccccc34)nc12. The third-order valence-corrected chi connectivity index (χ3v) is 7.86. The van der Waals surface area contributed by atoms with E-state index in [1.54, 1.807) is 6.20 Å². The van der Waals surface area contributed by atoms with Crippen LogP contribution >= 0.6 is 0 Å². The molecule has 8 heteroatoms. The minimum Gasteiger partial charge on any atom is -0.361 e. The molecule has 0 bridgehead atoms. The quantitative estimate of drug-likeness (QED) is 0.188. The van der Waals surface area contributed by atoms with E-state index in [0.717, 1.165) is 34.7 Å². The second kappa shape index (κ2) is 9.68. The van der Waals surface area contributed by atoms with Crippen LogP contribution in [0.3, 0.4) is 0 Å². The molecule has 4 aromatic rings. The van der Waals surface area contributed by atoms with Gasteiger partial charge in [0.2, 0.25) is 0 Å². The number of benzene rings is 1. The first kappa shape index (κ1) is 25.3. The summed E-state index contributed by atoms with van der Waals surface area (Å²) in [7, 11) is -1.18. The highest BCUT2D eigenvalue weighted by Crippen LogP contribution is 2.32. The first-order chi connectivity index (χ1) is 16.5. The molecule has 0 aliphatic heterocycles. The number of rotatable bonds is 9. The fourth-order valence-corrected chi connectivity index (χ4v) is 4.92. The molecule has 0 atom stereocenters. The molecule has 0 aliphatic rings. The molecule has 2 N–H and O–H groups in total. The van der Waals surface area contributed by atoms with Crippen LogP contribution in [-0.2, 0) is 18.0 Å². The second-order valence-corrected chi connectivity index (χ2v) is 17.0. The van der Waals surface area contributed by atoms with Crippen LogP contribution in [0.1, 0.15) is 31.1 Å². The van der Waals surface area contributed by atoms with Crippen molar-refractivity contribution in [3.63, 3.8) is 0 Å². The molecule has 186 valence electrons. The van der Waals surface area contributed by atoms with Gasteiger partial charge < -0.3 is 19.6 Å². The van der Waals surface area contributed by atoms with E-state index >= 15 is 0 Å². The topological polar surface area (TPSA) is 88.0 Å². The number of nitrogens with zero attached hydrogens (tertiary/aromatic N) is 4. The Hall–Kier alpha value is -2.81. The zero-order valence-electron chi connectivity index (χ0n) is 21.8. The van der Waals surface area contributed by atoms with E-state index in [1.165, 1.54) is 0 Å². The van der Waals surface area contributed by atoms with Gasteiger partial charge >= 0.3 is 0 Å². The van der Waals surface area contributed by atoms with E-state index in [0.29, 0.717) is 36.6 Å². The van der Waals surface area contributed by atoms with Gasteiger partial charge in [0, 0.05) is 62.0 Å². The molecular weight excluding hydrogens is 454 g/mol. The number of ketones is 1. The minimum atomic E-state index is -1.18. The standard InChI is InChI=1S/C27H37N5O2Si/c1-27(2,3)25(33)21-17-32(18-34-13-14-35(4,5)6)26-24(21)30-22(15-29-26)20-16-31(12-11-28)23-10-8-7-9-19(20)23/h7-10,15-17H,11-14,18,28H2,1-6H3. The Morgan fingerprint density at radius 1 is 1.11 bits per heavy atom. The van der Waals surface area contributed by atoms with Crippen molar-refractivity contribution in [2.75, 3.05) is 13.2 Å². The normalized spacial score (nSPS) is 12.7. The Morgan fingerprint density at radius 3 is 2.54 bits per heavy atom. The summed E-state index contributed by atoms with van der Waals surface area (Å²) in [6.07, 6.45) is 5.73. The predicted octanol–water partition coefficient (Wildman–Crippen LogP) is 5.55. The summed E-state index contributed by atoms with van der Waals surface area (Å²) in [4.78, 5) is 23.1. The molecule has 7 nitrogen and oxygen atoms in total. The van der Waals surface area contributed by atoms with Crippen LogP contribution in [0.2, 0.25) is 25.7 Å². The van der Waals surface area contributed by atoms with E-state index < -0.39 is 13.5 Å². The molecule has 1 aromatic carbocycles. The lowest BCUT2D eigenvalue weighted by Crippen LogP contribution is -2.22. The third-order valence-electron chi connectivity index (χ3n) is 6.15. The van der Waals surface area contributed by atoms with Gasteiger partial charge in [0.25, 0.3) is 0 Å². The van der Waals surface area contributed by atoms with Crippen LogP contribution < -0.4 is 5.73 Å². The highest BCUT2D eigenvalue weighted by Gasteiger charge is 2.28. The number of Topliss-reactive ketones (excluding diaryl/α,β-unsaturated/α-hetero) is 1. The van der Waals surface area contributed by atoms with E-state index in [1.807, 2.05) is 43.7 Å². The molecule has 0 amide bonds. The van der Waals surface area contributed by atoms with Crippen molar-refractivity contribution >= 4 is 35.9 Å². The highest BCUT2D eigenvalue weighted by atomic mass is 28.3. The molecule has 3 aromatic heterocycles. The number of carbonyl (C=O) groups excluding carboxylic acids is 1. The maximum absolute atomic E-state index is 13.4. The average Bonchev–Trinajstić information content (AvgIpc) is 3.33. The summed E-state index contributed by atoms with van der Waals surface area (Å²) in [5, 5.41) is 1.09. The molecule has 0 saturated carbocycles. The number of carbonyl (C=O) groups is 1. The van der Waals surface area contributed by atoms with Gasteiger partial charge in [-0.2, -0.15) is 0 Å². The van der Waals surface area contributed by atoms with Crippen molar-refractivity contribution in [2.45, 2.75) is 59.7 Å². The number of para-hydroxylation sites is 1. The van der Waals surface area contributed by atoms with Crippen molar-refractivity contribution < 1.29 is 9.53 Å². The van der Waals surface area contributed by atoms with Crippen LogP contribution in [0.4, 0.5) is 0 Å². The van der Waals surface area contributed by atoms with E-state index in [-0.39, 0.29) is 5.78 Å². The summed E-state index contributed by atoms with van der Waals surface area (Å²) in [5.41, 5.74) is 10.0. The number of hydrogen-bond donors (Lipinski definition) is 1. The van der Waals surface area contributed by atoms with Gasteiger partial charge in [0.1, 0.15) is 12.2 Å². The van der Waals surface area contributed by atoms with E-state index in [2.05, 4.69) is 42.5 Å². The molecule has 0 unspecified atom stereocenters. The monoisotopic (exact) mass is 491 g/mol. The van der Waals surface area contributed by atoms with Crippen LogP contribution in [0.15, 0.2) is 42.9 Å². The lowest BCUT2D eigenvalue weighted by Gasteiger charge is -2.16. The number of hydrogen-bond acceptors (Lipinski definition) is 5. The average molecular weight is 492 g/mol. The van der Waals surface area contributed by atoms with Gasteiger partial charge in [-0.25, -0.2) is 9.97 Å². The van der Waals surface area contributed by atoms with Crippen molar-refractivity contribution in [1.29, 1.82) is 0 Å². The number of aromatic nitrogens is 4. The predicted molar refractivity (Wildman–Crippen MR) is 145 cm³/mol. The maximum Gasteiger partial charge on any atom is 0.171 e. The van der Waals surface area contributed by atoms with Gasteiger partial charge in [-0.1, -0.05) is 58.6 Å². The highest BCUT2D eigenvalue weighted by molar-refractivity contribution is 6.76. The van der Waals surface area contributed by atoms with Crippen LogP contribution in [0.5, 0.6) is 0 Å². The van der Waals surface area contributed by atoms with Gasteiger partial charge in [-0.15, -0.1) is 0 Å². The molecule has 0 saturated heterocycles. The number of ether oxygens (including phenoxy) is 1. The van der Waals surface area contributed by atoms with Crippen molar-refractivity contribution in [1.82, 2.24) is 19.1 Å².